The normalized spacial score (nSPS) is 14.9. The van der Waals surface area contributed by atoms with Crippen molar-refractivity contribution in [3.63, 3.8) is 0 Å². The summed E-state index contributed by atoms with van der Waals surface area (Å²) in [6.07, 6.45) is -5.34. The number of carbonyl (C=O) groups is 1. The van der Waals surface area contributed by atoms with Crippen molar-refractivity contribution in [2.45, 2.75) is 38.1 Å². The summed E-state index contributed by atoms with van der Waals surface area (Å²) in [5.41, 5.74) is 7.66. The number of aromatic nitrogens is 3. The highest BCUT2D eigenvalue weighted by molar-refractivity contribution is 5.85. The molecule has 13 heteroatoms. The van der Waals surface area contributed by atoms with Crippen molar-refractivity contribution in [2.24, 2.45) is 0 Å². The van der Waals surface area contributed by atoms with Gasteiger partial charge in [-0.2, -0.15) is 13.2 Å². The Hall–Kier alpha value is -2.34. The van der Waals surface area contributed by atoms with Crippen molar-refractivity contribution in [1.82, 2.24) is 19.7 Å². The van der Waals surface area contributed by atoms with E-state index in [4.69, 9.17) is 5.73 Å². The minimum Gasteiger partial charge on any atom is -0.674 e. The van der Waals surface area contributed by atoms with Crippen molar-refractivity contribution in [3.05, 3.63) is 52.5 Å². The molecule has 0 saturated carbocycles. The van der Waals surface area contributed by atoms with E-state index < -0.39 is 41.4 Å². The first-order valence-electron chi connectivity index (χ1n) is 8.18. The van der Waals surface area contributed by atoms with Crippen molar-refractivity contribution < 1.29 is 31.1 Å². The van der Waals surface area contributed by atoms with Crippen LogP contribution in [0.5, 0.6) is 0 Å². The number of amides is 1. The SMILES string of the molecule is Cl.[NH-]C(CC(=O)N1CCn2c(nnc2C(F)(F)F)C1)Cc1cc(F)c(F)cc1F. The van der Waals surface area contributed by atoms with E-state index >= 15 is 0 Å². The fourth-order valence-electron chi connectivity index (χ4n) is 2.98. The fraction of sp³-hybridized carbons (Fsp3) is 0.438. The molecule has 1 aromatic carbocycles. The molecule has 1 N–H and O–H groups in total. The summed E-state index contributed by atoms with van der Waals surface area (Å²) in [7, 11) is 0. The molecule has 160 valence electrons. The van der Waals surface area contributed by atoms with Gasteiger partial charge in [0.2, 0.25) is 11.7 Å². The van der Waals surface area contributed by atoms with Gasteiger partial charge in [-0.25, -0.2) is 13.2 Å². The highest BCUT2D eigenvalue weighted by atomic mass is 35.5. The number of alkyl halides is 3. The van der Waals surface area contributed by atoms with Crippen molar-refractivity contribution >= 4 is 18.3 Å². The smallest absolute Gasteiger partial charge is 0.451 e. The first kappa shape index (κ1) is 22.9. The number of fused-ring (bicyclic) bond motifs is 1. The maximum Gasteiger partial charge on any atom is 0.451 e. The average Bonchev–Trinajstić information content (AvgIpc) is 3.03. The predicted octanol–water partition coefficient (Wildman–Crippen LogP) is 3.53. The number of halogens is 7. The van der Waals surface area contributed by atoms with Gasteiger partial charge in [0, 0.05) is 25.6 Å². The Bertz CT molecular complexity index is 903. The van der Waals surface area contributed by atoms with E-state index in [-0.39, 0.29) is 56.3 Å². The van der Waals surface area contributed by atoms with Gasteiger partial charge in [-0.3, -0.25) is 4.79 Å². The number of nitrogens with zero attached hydrogens (tertiary/aromatic N) is 4. The molecule has 3 rings (SSSR count). The van der Waals surface area contributed by atoms with Crippen LogP contribution in [0.2, 0.25) is 0 Å². The van der Waals surface area contributed by atoms with Gasteiger partial charge < -0.3 is 15.2 Å². The molecule has 0 bridgehead atoms. The first-order chi connectivity index (χ1) is 13.1. The highest BCUT2D eigenvalue weighted by Gasteiger charge is 2.39. The van der Waals surface area contributed by atoms with Gasteiger partial charge in [-0.1, -0.05) is 0 Å². The van der Waals surface area contributed by atoms with E-state index in [1.165, 1.54) is 4.90 Å². The Morgan fingerprint density at radius 2 is 1.76 bits per heavy atom. The number of carbonyl (C=O) groups excluding carboxylic acids is 1. The molecule has 2 heterocycles. The third kappa shape index (κ3) is 4.99. The summed E-state index contributed by atoms with van der Waals surface area (Å²) in [5.74, 6) is -5.33. The number of benzene rings is 1. The van der Waals surface area contributed by atoms with Crippen LogP contribution in [0.4, 0.5) is 26.3 Å². The summed E-state index contributed by atoms with van der Waals surface area (Å²) in [6, 6.07) is -0.134. The van der Waals surface area contributed by atoms with Gasteiger partial charge in [-0.05, 0) is 18.1 Å². The summed E-state index contributed by atoms with van der Waals surface area (Å²) < 4.78 is 79.2. The zero-order valence-electron chi connectivity index (χ0n) is 14.6. The molecule has 6 nitrogen and oxygen atoms in total. The second kappa shape index (κ2) is 8.57. The Morgan fingerprint density at radius 3 is 2.41 bits per heavy atom. The third-order valence-electron chi connectivity index (χ3n) is 4.34. The molecular formula is C16H15ClF6N5O-. The van der Waals surface area contributed by atoms with E-state index in [2.05, 4.69) is 10.2 Å². The van der Waals surface area contributed by atoms with Gasteiger partial charge in [0.25, 0.3) is 0 Å². The molecule has 1 amide bonds. The van der Waals surface area contributed by atoms with Crippen molar-refractivity contribution in [3.8, 4) is 0 Å². The van der Waals surface area contributed by atoms with Crippen LogP contribution < -0.4 is 0 Å². The topological polar surface area (TPSA) is 74.8 Å². The van der Waals surface area contributed by atoms with Crippen LogP contribution in [0, 0.1) is 17.5 Å². The molecule has 0 aliphatic carbocycles. The van der Waals surface area contributed by atoms with E-state index in [0.29, 0.717) is 12.1 Å². The monoisotopic (exact) mass is 442 g/mol. The van der Waals surface area contributed by atoms with Gasteiger partial charge in [0.05, 0.1) is 6.54 Å². The van der Waals surface area contributed by atoms with Crippen LogP contribution in [-0.4, -0.2) is 38.2 Å². The van der Waals surface area contributed by atoms with Crippen molar-refractivity contribution in [1.29, 1.82) is 0 Å². The van der Waals surface area contributed by atoms with Crippen LogP contribution in [0.25, 0.3) is 5.73 Å². The average molecular weight is 443 g/mol. The quantitative estimate of drug-likeness (QED) is 0.537. The number of rotatable bonds is 4. The number of hydrogen-bond acceptors (Lipinski definition) is 3. The van der Waals surface area contributed by atoms with E-state index in [1.807, 2.05) is 0 Å². The lowest BCUT2D eigenvalue weighted by atomic mass is 10.0. The van der Waals surface area contributed by atoms with E-state index in [1.54, 1.807) is 0 Å². The Balaban J connectivity index is 0.00000300. The van der Waals surface area contributed by atoms with Crippen LogP contribution in [0.3, 0.4) is 0 Å². The summed E-state index contributed by atoms with van der Waals surface area (Å²) >= 11 is 0. The zero-order valence-corrected chi connectivity index (χ0v) is 15.5. The molecule has 0 saturated heterocycles. The summed E-state index contributed by atoms with van der Waals surface area (Å²) in [6.45, 7) is -0.378. The second-order valence-corrected chi connectivity index (χ2v) is 6.37. The maximum atomic E-state index is 13.7. The van der Waals surface area contributed by atoms with Crippen LogP contribution in [0.15, 0.2) is 12.1 Å². The number of hydrogen-bond donors (Lipinski definition) is 0. The molecule has 1 atom stereocenters. The summed E-state index contributed by atoms with van der Waals surface area (Å²) in [5, 5.41) is 6.57. The summed E-state index contributed by atoms with van der Waals surface area (Å²) in [4.78, 5) is 13.5. The Labute approximate surface area is 167 Å². The molecule has 2 aromatic rings. The molecule has 0 fully saturated rings. The zero-order chi connectivity index (χ0) is 20.6. The lowest BCUT2D eigenvalue weighted by Crippen LogP contribution is -2.40. The minimum absolute atomic E-state index is 0. The minimum atomic E-state index is -4.65. The Morgan fingerprint density at radius 1 is 1.10 bits per heavy atom. The standard InChI is InChI=1S/C16H14F6N5O.ClH/c17-10-6-12(19)11(18)4-8(10)3-9(23)5-14(28)26-1-2-27-13(7-26)24-25-15(27)16(20,21)22;/h4,6,9,23H,1-3,5,7H2;1H/q-1;. The van der Waals surface area contributed by atoms with E-state index in [0.717, 1.165) is 4.57 Å². The number of nitrogens with one attached hydrogen (secondary N) is 1. The molecular weight excluding hydrogens is 428 g/mol. The Kier molecular flexibility index (Phi) is 6.78. The molecule has 1 unspecified atom stereocenters. The maximum absolute atomic E-state index is 13.7. The molecule has 0 spiro atoms. The van der Waals surface area contributed by atoms with Gasteiger partial charge in [-0.15, -0.1) is 28.6 Å². The molecule has 0 radical (unpaired) electrons. The van der Waals surface area contributed by atoms with Gasteiger partial charge >= 0.3 is 6.18 Å². The molecule has 1 aliphatic heterocycles. The lowest BCUT2D eigenvalue weighted by Gasteiger charge is -2.30. The predicted molar refractivity (Wildman–Crippen MR) is 90.4 cm³/mol. The second-order valence-electron chi connectivity index (χ2n) is 6.37. The molecule has 1 aromatic heterocycles. The largest absolute Gasteiger partial charge is 0.674 e. The third-order valence-corrected chi connectivity index (χ3v) is 4.34. The van der Waals surface area contributed by atoms with Crippen molar-refractivity contribution in [2.75, 3.05) is 6.54 Å². The highest BCUT2D eigenvalue weighted by Crippen LogP contribution is 2.29. The first-order valence-corrected chi connectivity index (χ1v) is 8.18. The van der Waals surface area contributed by atoms with Crippen LogP contribution in [0.1, 0.15) is 23.6 Å². The lowest BCUT2D eigenvalue weighted by molar-refractivity contribution is -0.148. The van der Waals surface area contributed by atoms with Gasteiger partial charge in [0.1, 0.15) is 5.82 Å². The van der Waals surface area contributed by atoms with Crippen LogP contribution >= 0.6 is 12.4 Å². The van der Waals surface area contributed by atoms with E-state index in [9.17, 15) is 31.1 Å². The molecule has 29 heavy (non-hydrogen) atoms. The molecule has 1 aliphatic rings. The van der Waals surface area contributed by atoms with Crippen LogP contribution in [-0.2, 0) is 30.5 Å². The fourth-order valence-corrected chi connectivity index (χ4v) is 2.98. The van der Waals surface area contributed by atoms with Gasteiger partial charge in [0.15, 0.2) is 17.5 Å².